The van der Waals surface area contributed by atoms with E-state index in [1.807, 2.05) is 50.3 Å². The Labute approximate surface area is 240 Å². The summed E-state index contributed by atoms with van der Waals surface area (Å²) in [4.78, 5) is 42.3. The smallest absolute Gasteiger partial charge is 0.254 e. The van der Waals surface area contributed by atoms with E-state index < -0.39 is 30.0 Å². The minimum absolute atomic E-state index is 0.0122. The molecule has 9 heteroatoms. The summed E-state index contributed by atoms with van der Waals surface area (Å²) in [7, 11) is 0. The number of phenols is 1. The summed E-state index contributed by atoms with van der Waals surface area (Å²) in [5.74, 6) is -1.00. The Bertz CT molecular complexity index is 1260. The van der Waals surface area contributed by atoms with Crippen molar-refractivity contribution in [1.29, 1.82) is 0 Å². The van der Waals surface area contributed by atoms with Gasteiger partial charge in [-0.15, -0.1) is 11.8 Å². The van der Waals surface area contributed by atoms with Crippen LogP contribution in [0.3, 0.4) is 0 Å². The zero-order valence-corrected chi connectivity index (χ0v) is 24.2. The lowest BCUT2D eigenvalue weighted by Crippen LogP contribution is -2.59. The van der Waals surface area contributed by atoms with Gasteiger partial charge in [-0.2, -0.15) is 0 Å². The van der Waals surface area contributed by atoms with E-state index in [1.165, 1.54) is 11.0 Å². The molecule has 0 radical (unpaired) electrons. The van der Waals surface area contributed by atoms with Crippen LogP contribution in [0.4, 0.5) is 0 Å². The molecule has 2 fully saturated rings. The number of nitrogens with zero attached hydrogens (tertiary/aromatic N) is 1. The number of hydrogen-bond acceptors (Lipinski definition) is 6. The molecule has 2 aliphatic rings. The maximum atomic E-state index is 13.9. The van der Waals surface area contributed by atoms with Gasteiger partial charge in [0, 0.05) is 22.4 Å². The van der Waals surface area contributed by atoms with Crippen molar-refractivity contribution in [1.82, 2.24) is 15.5 Å². The first kappa shape index (κ1) is 29.7. The van der Waals surface area contributed by atoms with Gasteiger partial charge in [0.2, 0.25) is 5.91 Å². The van der Waals surface area contributed by atoms with E-state index in [-0.39, 0.29) is 28.4 Å². The molecule has 4 rings (SSSR count). The van der Waals surface area contributed by atoms with E-state index in [0.29, 0.717) is 18.0 Å². The molecule has 3 atom stereocenters. The molecule has 3 unspecified atom stereocenters. The number of aromatic hydroxyl groups is 1. The third-order valence-electron chi connectivity index (χ3n) is 8.12. The van der Waals surface area contributed by atoms with Crippen LogP contribution in [0.2, 0.25) is 0 Å². The standard InChI is InChI=1S/C31H39N3O5S/c1-4-20(2)18-32-29(38)27-31(15-8-9-16-31)40-19-34(27)30(39)26(36)24(17-22-11-6-5-7-12-22)33-28(37)23-13-10-14-25(35)21(23)3/h4-7,10-14,24,26-27,35-36H,8-9,15-19H2,1-3H3,(H,32,38)(H,33,37)/b20-4+. The van der Waals surface area contributed by atoms with Gasteiger partial charge < -0.3 is 25.7 Å². The number of rotatable bonds is 9. The zero-order valence-electron chi connectivity index (χ0n) is 23.4. The lowest BCUT2D eigenvalue weighted by molar-refractivity contribution is -0.147. The number of amides is 3. The lowest BCUT2D eigenvalue weighted by Gasteiger charge is -2.35. The Morgan fingerprint density at radius 1 is 1.12 bits per heavy atom. The number of carbonyl (C=O) groups is 3. The van der Waals surface area contributed by atoms with E-state index in [9.17, 15) is 24.6 Å². The molecule has 1 saturated heterocycles. The van der Waals surface area contributed by atoms with Gasteiger partial charge in [0.1, 0.15) is 11.8 Å². The van der Waals surface area contributed by atoms with Crippen LogP contribution in [-0.4, -0.2) is 68.2 Å². The summed E-state index contributed by atoms with van der Waals surface area (Å²) in [5.41, 5.74) is 2.53. The highest BCUT2D eigenvalue weighted by atomic mass is 32.2. The quantitative estimate of drug-likeness (QED) is 0.345. The summed E-state index contributed by atoms with van der Waals surface area (Å²) in [6, 6.07) is 12.3. The Hall–Kier alpha value is -3.30. The van der Waals surface area contributed by atoms with Crippen LogP contribution in [0.15, 0.2) is 60.2 Å². The van der Waals surface area contributed by atoms with Crippen LogP contribution in [0.1, 0.15) is 61.0 Å². The second-order valence-corrected chi connectivity index (χ2v) is 12.1. The predicted octanol–water partition coefficient (Wildman–Crippen LogP) is 3.70. The van der Waals surface area contributed by atoms with Crippen LogP contribution in [0, 0.1) is 6.92 Å². The maximum Gasteiger partial charge on any atom is 0.254 e. The number of carbonyl (C=O) groups excluding carboxylic acids is 3. The lowest BCUT2D eigenvalue weighted by atomic mass is 9.93. The second-order valence-electron chi connectivity index (χ2n) is 10.8. The SMILES string of the molecule is C/C=C(\C)CNC(=O)C1N(C(=O)C(O)C(Cc2ccccc2)NC(=O)c2cccc(O)c2C)CSC12CCCC2. The second kappa shape index (κ2) is 12.9. The number of hydrogen-bond donors (Lipinski definition) is 4. The molecule has 0 bridgehead atoms. The number of aliphatic hydroxyl groups is 1. The van der Waals surface area contributed by atoms with Crippen molar-refractivity contribution in [3.63, 3.8) is 0 Å². The van der Waals surface area contributed by atoms with Crippen molar-refractivity contribution in [2.24, 2.45) is 0 Å². The first-order valence-corrected chi connectivity index (χ1v) is 14.8. The molecule has 8 nitrogen and oxygen atoms in total. The maximum absolute atomic E-state index is 13.9. The van der Waals surface area contributed by atoms with E-state index in [1.54, 1.807) is 30.8 Å². The van der Waals surface area contributed by atoms with Gasteiger partial charge in [-0.3, -0.25) is 14.4 Å². The number of phenolic OH excluding ortho intramolecular Hbond substituents is 1. The third kappa shape index (κ3) is 6.36. The summed E-state index contributed by atoms with van der Waals surface area (Å²) in [5, 5.41) is 27.4. The molecule has 1 heterocycles. The summed E-state index contributed by atoms with van der Waals surface area (Å²) < 4.78 is -0.375. The van der Waals surface area contributed by atoms with Crippen LogP contribution in [-0.2, 0) is 16.0 Å². The fraction of sp³-hybridized carbons (Fsp3) is 0.452. The normalized spacial score (nSPS) is 19.9. The fourth-order valence-corrected chi connectivity index (χ4v) is 7.23. The highest BCUT2D eigenvalue weighted by Crippen LogP contribution is 2.51. The molecular formula is C31H39N3O5S. The molecule has 1 saturated carbocycles. The molecule has 3 amide bonds. The number of allylic oxidation sites excluding steroid dienone is 1. The summed E-state index contributed by atoms with van der Waals surface area (Å²) >= 11 is 1.62. The Morgan fingerprint density at radius 2 is 1.82 bits per heavy atom. The number of aliphatic hydroxyl groups excluding tert-OH is 1. The van der Waals surface area contributed by atoms with Crippen LogP contribution < -0.4 is 10.6 Å². The molecule has 2 aromatic carbocycles. The van der Waals surface area contributed by atoms with Gasteiger partial charge in [-0.05, 0) is 57.7 Å². The number of thioether (sulfide) groups is 1. The predicted molar refractivity (Wildman–Crippen MR) is 157 cm³/mol. The molecule has 0 aromatic heterocycles. The molecular weight excluding hydrogens is 526 g/mol. The molecule has 214 valence electrons. The van der Waals surface area contributed by atoms with Gasteiger partial charge in [0.15, 0.2) is 6.10 Å². The van der Waals surface area contributed by atoms with Crippen molar-refractivity contribution in [3.05, 3.63) is 76.9 Å². The molecule has 40 heavy (non-hydrogen) atoms. The van der Waals surface area contributed by atoms with Crippen molar-refractivity contribution >= 4 is 29.5 Å². The Morgan fingerprint density at radius 3 is 2.50 bits per heavy atom. The van der Waals surface area contributed by atoms with Gasteiger partial charge in [-0.25, -0.2) is 0 Å². The monoisotopic (exact) mass is 565 g/mol. The first-order valence-electron chi connectivity index (χ1n) is 13.8. The largest absolute Gasteiger partial charge is 0.508 e. The zero-order chi connectivity index (χ0) is 28.9. The van der Waals surface area contributed by atoms with Crippen molar-refractivity contribution in [3.8, 4) is 5.75 Å². The minimum Gasteiger partial charge on any atom is -0.508 e. The number of nitrogens with one attached hydrogen (secondary N) is 2. The molecule has 2 aromatic rings. The topological polar surface area (TPSA) is 119 Å². The van der Waals surface area contributed by atoms with Gasteiger partial charge in [-0.1, -0.05) is 60.9 Å². The average Bonchev–Trinajstić information content (AvgIpc) is 3.59. The first-order chi connectivity index (χ1) is 19.2. The van der Waals surface area contributed by atoms with Gasteiger partial charge in [0.05, 0.1) is 11.9 Å². The highest BCUT2D eigenvalue weighted by Gasteiger charge is 2.55. The highest BCUT2D eigenvalue weighted by molar-refractivity contribution is 8.01. The summed E-state index contributed by atoms with van der Waals surface area (Å²) in [6.07, 6.45) is 4.22. The van der Waals surface area contributed by atoms with Crippen LogP contribution >= 0.6 is 11.8 Å². The van der Waals surface area contributed by atoms with Crippen molar-refractivity contribution in [2.75, 3.05) is 12.4 Å². The van der Waals surface area contributed by atoms with Crippen LogP contribution in [0.5, 0.6) is 5.75 Å². The van der Waals surface area contributed by atoms with E-state index in [0.717, 1.165) is 36.8 Å². The Kier molecular flexibility index (Phi) is 9.58. The molecule has 1 aliphatic carbocycles. The number of benzene rings is 2. The van der Waals surface area contributed by atoms with E-state index >= 15 is 0 Å². The average molecular weight is 566 g/mol. The molecule has 1 aliphatic heterocycles. The van der Waals surface area contributed by atoms with E-state index in [2.05, 4.69) is 10.6 Å². The van der Waals surface area contributed by atoms with Crippen LogP contribution in [0.25, 0.3) is 0 Å². The molecule has 1 spiro atoms. The van der Waals surface area contributed by atoms with Crippen molar-refractivity contribution in [2.45, 2.75) is 75.8 Å². The van der Waals surface area contributed by atoms with Crippen molar-refractivity contribution < 1.29 is 24.6 Å². The minimum atomic E-state index is -1.58. The summed E-state index contributed by atoms with van der Waals surface area (Å²) in [6.45, 7) is 5.89. The van der Waals surface area contributed by atoms with E-state index in [4.69, 9.17) is 0 Å². The molecule has 4 N–H and O–H groups in total. The van der Waals surface area contributed by atoms with Gasteiger partial charge >= 0.3 is 0 Å². The van der Waals surface area contributed by atoms with Gasteiger partial charge in [0.25, 0.3) is 11.8 Å². The fourth-order valence-electron chi connectivity index (χ4n) is 5.59. The Balaban J connectivity index is 1.60. The third-order valence-corrected chi connectivity index (χ3v) is 9.73.